The number of aryl methyl sites for hydroxylation is 1. The molecule has 0 unspecified atom stereocenters. The molecule has 3 heterocycles. The second-order valence-corrected chi connectivity index (χ2v) is 6.68. The highest BCUT2D eigenvalue weighted by atomic mass is 32.2. The second-order valence-electron chi connectivity index (χ2n) is 4.65. The smallest absolute Gasteiger partial charge is 0.144 e. The lowest BCUT2D eigenvalue weighted by Gasteiger charge is -2.22. The van der Waals surface area contributed by atoms with Crippen molar-refractivity contribution < 1.29 is 0 Å². The SMILES string of the molecule is CCc1nsnc1Sc1nsnc1C1=CCCN(C)C1. The molecule has 0 atom stereocenters. The van der Waals surface area contributed by atoms with E-state index in [1.165, 1.54) is 29.0 Å². The van der Waals surface area contributed by atoms with Crippen LogP contribution < -0.4 is 0 Å². The number of nitrogens with zero attached hydrogens (tertiary/aromatic N) is 5. The molecule has 0 fully saturated rings. The van der Waals surface area contributed by atoms with Crippen molar-refractivity contribution in [2.45, 2.75) is 29.8 Å². The predicted octanol–water partition coefficient (Wildman–Crippen LogP) is 2.82. The Morgan fingerprint density at radius 3 is 2.80 bits per heavy atom. The zero-order valence-corrected chi connectivity index (χ0v) is 13.8. The Morgan fingerprint density at radius 1 is 1.20 bits per heavy atom. The van der Waals surface area contributed by atoms with Gasteiger partial charge in [-0.25, -0.2) is 0 Å². The summed E-state index contributed by atoms with van der Waals surface area (Å²) in [6.07, 6.45) is 4.25. The van der Waals surface area contributed by atoms with Gasteiger partial charge in [-0.2, -0.15) is 17.5 Å². The molecule has 20 heavy (non-hydrogen) atoms. The van der Waals surface area contributed by atoms with Crippen LogP contribution in [0.3, 0.4) is 0 Å². The minimum absolute atomic E-state index is 0.900. The van der Waals surface area contributed by atoms with E-state index in [0.29, 0.717) is 0 Å². The van der Waals surface area contributed by atoms with Crippen molar-refractivity contribution in [3.8, 4) is 0 Å². The summed E-state index contributed by atoms with van der Waals surface area (Å²) < 4.78 is 17.6. The Balaban J connectivity index is 1.85. The van der Waals surface area contributed by atoms with E-state index in [1.54, 1.807) is 11.8 Å². The second kappa shape index (κ2) is 6.30. The van der Waals surface area contributed by atoms with Gasteiger partial charge < -0.3 is 4.90 Å². The molecule has 0 aromatic carbocycles. The number of likely N-dealkylation sites (N-methyl/N-ethyl adjacent to an activating group) is 1. The van der Waals surface area contributed by atoms with E-state index in [4.69, 9.17) is 0 Å². The fraction of sp³-hybridized carbons (Fsp3) is 0.500. The lowest BCUT2D eigenvalue weighted by Crippen LogP contribution is -2.25. The third-order valence-electron chi connectivity index (χ3n) is 3.15. The van der Waals surface area contributed by atoms with Crippen molar-refractivity contribution in [2.24, 2.45) is 0 Å². The molecular weight excluding hydrogens is 310 g/mol. The van der Waals surface area contributed by atoms with Gasteiger partial charge in [0.25, 0.3) is 0 Å². The third-order valence-corrected chi connectivity index (χ3v) is 5.48. The van der Waals surface area contributed by atoms with Crippen molar-refractivity contribution in [1.29, 1.82) is 0 Å². The molecule has 0 amide bonds. The normalized spacial score (nSPS) is 16.4. The molecule has 0 saturated heterocycles. The Hall–Kier alpha value is -0.830. The van der Waals surface area contributed by atoms with Crippen molar-refractivity contribution in [3.63, 3.8) is 0 Å². The van der Waals surface area contributed by atoms with Crippen LogP contribution in [0.25, 0.3) is 5.57 Å². The van der Waals surface area contributed by atoms with E-state index in [9.17, 15) is 0 Å². The molecule has 0 saturated carbocycles. The maximum atomic E-state index is 4.48. The Labute approximate surface area is 130 Å². The molecule has 5 nitrogen and oxygen atoms in total. The lowest BCUT2D eigenvalue weighted by atomic mass is 10.1. The van der Waals surface area contributed by atoms with Crippen LogP contribution in [0.2, 0.25) is 0 Å². The largest absolute Gasteiger partial charge is 0.302 e. The quantitative estimate of drug-likeness (QED) is 0.861. The monoisotopic (exact) mass is 325 g/mol. The molecule has 1 aliphatic heterocycles. The maximum Gasteiger partial charge on any atom is 0.144 e. The summed E-state index contributed by atoms with van der Waals surface area (Å²) in [6.45, 7) is 4.15. The summed E-state index contributed by atoms with van der Waals surface area (Å²) in [4.78, 5) is 2.31. The van der Waals surface area contributed by atoms with Gasteiger partial charge in [0.05, 0.1) is 29.2 Å². The van der Waals surface area contributed by atoms with Crippen LogP contribution in [0.4, 0.5) is 0 Å². The fourth-order valence-corrected chi connectivity index (χ4v) is 4.49. The molecule has 0 aliphatic carbocycles. The van der Waals surface area contributed by atoms with Crippen molar-refractivity contribution in [2.75, 3.05) is 20.1 Å². The van der Waals surface area contributed by atoms with Crippen LogP contribution in [0.1, 0.15) is 24.7 Å². The molecule has 0 N–H and O–H groups in total. The molecule has 0 radical (unpaired) electrons. The van der Waals surface area contributed by atoms with Gasteiger partial charge in [-0.15, -0.1) is 0 Å². The summed E-state index contributed by atoms with van der Waals surface area (Å²) in [6, 6.07) is 0. The number of rotatable bonds is 4. The van der Waals surface area contributed by atoms with Gasteiger partial charge in [0.2, 0.25) is 0 Å². The van der Waals surface area contributed by atoms with Crippen molar-refractivity contribution in [1.82, 2.24) is 22.4 Å². The number of hydrogen-bond donors (Lipinski definition) is 0. The highest BCUT2D eigenvalue weighted by molar-refractivity contribution is 7.99. The van der Waals surface area contributed by atoms with E-state index in [2.05, 4.69) is 42.4 Å². The summed E-state index contributed by atoms with van der Waals surface area (Å²) >= 11 is 4.13. The van der Waals surface area contributed by atoms with Gasteiger partial charge in [0.1, 0.15) is 15.7 Å². The van der Waals surface area contributed by atoms with E-state index in [1.807, 2.05) is 0 Å². The van der Waals surface area contributed by atoms with Crippen LogP contribution in [-0.2, 0) is 6.42 Å². The molecule has 8 heteroatoms. The van der Waals surface area contributed by atoms with Crippen molar-refractivity contribution in [3.05, 3.63) is 17.5 Å². The third kappa shape index (κ3) is 2.93. The zero-order valence-electron chi connectivity index (χ0n) is 11.4. The van der Waals surface area contributed by atoms with Gasteiger partial charge in [0, 0.05) is 13.1 Å². The van der Waals surface area contributed by atoms with Crippen molar-refractivity contribution >= 4 is 40.8 Å². The minimum atomic E-state index is 0.900. The average molecular weight is 325 g/mol. The average Bonchev–Trinajstić information content (AvgIpc) is 3.08. The fourth-order valence-electron chi connectivity index (χ4n) is 2.09. The zero-order chi connectivity index (χ0) is 13.9. The molecule has 1 aliphatic rings. The van der Waals surface area contributed by atoms with Gasteiger partial charge >= 0.3 is 0 Å². The van der Waals surface area contributed by atoms with Crippen LogP contribution in [0.15, 0.2) is 16.1 Å². The first kappa shape index (κ1) is 14.1. The first-order valence-electron chi connectivity index (χ1n) is 6.47. The highest BCUT2D eigenvalue weighted by Crippen LogP contribution is 2.34. The first-order chi connectivity index (χ1) is 9.78. The number of aromatic nitrogens is 4. The number of hydrogen-bond acceptors (Lipinski definition) is 8. The Bertz CT molecular complexity index is 618. The van der Waals surface area contributed by atoms with E-state index in [0.717, 1.165) is 47.4 Å². The molecule has 3 rings (SSSR count). The van der Waals surface area contributed by atoms with Crippen LogP contribution in [-0.4, -0.2) is 42.5 Å². The van der Waals surface area contributed by atoms with Gasteiger partial charge in [0.15, 0.2) is 0 Å². The summed E-state index contributed by atoms with van der Waals surface area (Å²) in [5.41, 5.74) is 3.34. The Morgan fingerprint density at radius 2 is 2.00 bits per heavy atom. The van der Waals surface area contributed by atoms with Crippen LogP contribution >= 0.6 is 35.2 Å². The molecule has 2 aromatic heterocycles. The van der Waals surface area contributed by atoms with Crippen LogP contribution in [0, 0.1) is 0 Å². The summed E-state index contributed by atoms with van der Waals surface area (Å²) in [7, 11) is 2.14. The lowest BCUT2D eigenvalue weighted by molar-refractivity contribution is 0.372. The summed E-state index contributed by atoms with van der Waals surface area (Å²) in [5, 5.41) is 1.93. The standard InChI is InChI=1S/C12H15N5S3/c1-3-9-11(15-19-13-9)18-12-10(14-20-16-12)8-5-4-6-17(2)7-8/h5H,3-4,6-7H2,1-2H3. The van der Waals surface area contributed by atoms with E-state index in [-0.39, 0.29) is 0 Å². The first-order valence-corrected chi connectivity index (χ1v) is 8.75. The molecule has 0 bridgehead atoms. The molecule has 106 valence electrons. The minimum Gasteiger partial charge on any atom is -0.302 e. The predicted molar refractivity (Wildman–Crippen MR) is 83.4 cm³/mol. The Kier molecular flexibility index (Phi) is 4.45. The van der Waals surface area contributed by atoms with E-state index < -0.39 is 0 Å². The topological polar surface area (TPSA) is 54.8 Å². The van der Waals surface area contributed by atoms with Gasteiger partial charge in [-0.1, -0.05) is 13.0 Å². The maximum absolute atomic E-state index is 4.48. The molecular formula is C12H15N5S3. The summed E-state index contributed by atoms with van der Waals surface area (Å²) in [5.74, 6) is 0. The van der Waals surface area contributed by atoms with Crippen LogP contribution in [0.5, 0.6) is 0 Å². The van der Waals surface area contributed by atoms with E-state index >= 15 is 0 Å². The van der Waals surface area contributed by atoms with Gasteiger partial charge in [-0.3, -0.25) is 0 Å². The highest BCUT2D eigenvalue weighted by Gasteiger charge is 2.20. The molecule has 2 aromatic rings. The van der Waals surface area contributed by atoms with Gasteiger partial charge in [-0.05, 0) is 37.2 Å². The molecule has 0 spiro atoms.